The monoisotopic (exact) mass is 234 g/mol. The molecule has 90 valence electrons. The van der Waals surface area contributed by atoms with E-state index in [1.54, 1.807) is 24.3 Å². The van der Waals surface area contributed by atoms with Crippen LogP contribution < -0.4 is 4.74 Å². The highest BCUT2D eigenvalue weighted by Gasteiger charge is 2.37. The molecule has 0 heterocycles. The number of alkyl halides is 3. The smallest absolute Gasteiger partial charge is 0.414 e. The Labute approximate surface area is 91.7 Å². The van der Waals surface area contributed by atoms with Crippen LogP contribution in [0.25, 0.3) is 0 Å². The van der Waals surface area contributed by atoms with Gasteiger partial charge >= 0.3 is 6.18 Å². The van der Waals surface area contributed by atoms with E-state index in [2.05, 4.69) is 0 Å². The SMILES string of the molecule is COc1ccc(CC[C@H](O)C(F)(F)F)cc1. The standard InChI is InChI=1S/C11H13F3O2/c1-16-9-5-2-8(3-6-9)4-7-10(15)11(12,13)14/h2-3,5-6,10,15H,4,7H2,1H3/t10-/m0/s1. The van der Waals surface area contributed by atoms with Gasteiger partial charge in [-0.05, 0) is 30.5 Å². The number of halogens is 3. The maximum atomic E-state index is 12.0. The van der Waals surface area contributed by atoms with Gasteiger partial charge in [0.25, 0.3) is 0 Å². The topological polar surface area (TPSA) is 29.5 Å². The summed E-state index contributed by atoms with van der Waals surface area (Å²) in [4.78, 5) is 0. The maximum Gasteiger partial charge on any atom is 0.414 e. The molecular weight excluding hydrogens is 221 g/mol. The van der Waals surface area contributed by atoms with E-state index in [4.69, 9.17) is 9.84 Å². The average Bonchev–Trinajstić information content (AvgIpc) is 2.25. The molecule has 0 aliphatic rings. The van der Waals surface area contributed by atoms with Crippen molar-refractivity contribution in [2.75, 3.05) is 7.11 Å². The zero-order valence-corrected chi connectivity index (χ0v) is 8.79. The van der Waals surface area contributed by atoms with Crippen molar-refractivity contribution in [3.8, 4) is 5.75 Å². The van der Waals surface area contributed by atoms with Crippen molar-refractivity contribution in [3.63, 3.8) is 0 Å². The largest absolute Gasteiger partial charge is 0.497 e. The van der Waals surface area contributed by atoms with Crippen LogP contribution in [0.15, 0.2) is 24.3 Å². The van der Waals surface area contributed by atoms with Gasteiger partial charge < -0.3 is 9.84 Å². The normalized spacial score (nSPS) is 13.6. The number of aliphatic hydroxyl groups excluding tert-OH is 1. The summed E-state index contributed by atoms with van der Waals surface area (Å²) in [7, 11) is 1.52. The van der Waals surface area contributed by atoms with Crippen LogP contribution in [0.1, 0.15) is 12.0 Å². The van der Waals surface area contributed by atoms with Gasteiger partial charge in [-0.2, -0.15) is 13.2 Å². The molecule has 1 N–H and O–H groups in total. The first-order chi connectivity index (χ1) is 7.43. The molecule has 0 aliphatic heterocycles. The number of hydrogen-bond donors (Lipinski definition) is 1. The van der Waals surface area contributed by atoms with Gasteiger partial charge in [-0.1, -0.05) is 12.1 Å². The molecular formula is C11H13F3O2. The van der Waals surface area contributed by atoms with Crippen molar-refractivity contribution in [2.24, 2.45) is 0 Å². The molecule has 5 heteroatoms. The molecule has 0 aliphatic carbocycles. The second-order valence-corrected chi connectivity index (χ2v) is 3.44. The molecule has 0 saturated heterocycles. The minimum Gasteiger partial charge on any atom is -0.497 e. The number of rotatable bonds is 4. The zero-order valence-electron chi connectivity index (χ0n) is 8.79. The Morgan fingerprint density at radius 2 is 1.81 bits per heavy atom. The van der Waals surface area contributed by atoms with E-state index in [9.17, 15) is 13.2 Å². The summed E-state index contributed by atoms with van der Waals surface area (Å²) < 4.78 is 40.9. The van der Waals surface area contributed by atoms with Crippen LogP contribution in [0.2, 0.25) is 0 Å². The molecule has 0 fully saturated rings. The molecule has 1 aromatic rings. The Morgan fingerprint density at radius 3 is 2.25 bits per heavy atom. The van der Waals surface area contributed by atoms with Gasteiger partial charge in [-0.3, -0.25) is 0 Å². The van der Waals surface area contributed by atoms with E-state index in [-0.39, 0.29) is 12.8 Å². The first-order valence-corrected chi connectivity index (χ1v) is 4.81. The zero-order chi connectivity index (χ0) is 12.2. The van der Waals surface area contributed by atoms with Crippen molar-refractivity contribution < 1.29 is 23.0 Å². The lowest BCUT2D eigenvalue weighted by Crippen LogP contribution is -2.28. The molecule has 0 spiro atoms. The number of methoxy groups -OCH3 is 1. The molecule has 0 unspecified atom stereocenters. The van der Waals surface area contributed by atoms with Crippen molar-refractivity contribution in [3.05, 3.63) is 29.8 Å². The lowest BCUT2D eigenvalue weighted by molar-refractivity contribution is -0.205. The van der Waals surface area contributed by atoms with Gasteiger partial charge in [-0.25, -0.2) is 0 Å². The van der Waals surface area contributed by atoms with Crippen molar-refractivity contribution in [1.82, 2.24) is 0 Å². The van der Waals surface area contributed by atoms with Gasteiger partial charge in [0.2, 0.25) is 0 Å². The molecule has 0 radical (unpaired) electrons. The molecule has 1 rings (SSSR count). The number of ether oxygens (including phenoxy) is 1. The maximum absolute atomic E-state index is 12.0. The third-order valence-electron chi connectivity index (χ3n) is 2.24. The summed E-state index contributed by atoms with van der Waals surface area (Å²) in [6, 6.07) is 6.72. The molecule has 2 nitrogen and oxygen atoms in total. The fourth-order valence-corrected chi connectivity index (χ4v) is 1.26. The minimum absolute atomic E-state index is 0.185. The molecule has 0 saturated carbocycles. The summed E-state index contributed by atoms with van der Waals surface area (Å²) in [5.41, 5.74) is 0.740. The van der Waals surface area contributed by atoms with Crippen LogP contribution in [0.3, 0.4) is 0 Å². The summed E-state index contributed by atoms with van der Waals surface area (Å²) in [5, 5.41) is 8.80. The Hall–Kier alpha value is -1.23. The second kappa shape index (κ2) is 5.21. The van der Waals surface area contributed by atoms with Gasteiger partial charge in [0.15, 0.2) is 0 Å². The first kappa shape index (κ1) is 12.8. The lowest BCUT2D eigenvalue weighted by Gasteiger charge is -2.14. The van der Waals surface area contributed by atoms with Crippen molar-refractivity contribution in [1.29, 1.82) is 0 Å². The van der Waals surface area contributed by atoms with E-state index in [0.717, 1.165) is 5.56 Å². The van der Waals surface area contributed by atoms with Gasteiger partial charge in [0.1, 0.15) is 11.9 Å². The molecule has 0 amide bonds. The van der Waals surface area contributed by atoms with Gasteiger partial charge in [0.05, 0.1) is 7.11 Å². The van der Waals surface area contributed by atoms with Crippen LogP contribution in [0, 0.1) is 0 Å². The highest BCUT2D eigenvalue weighted by Crippen LogP contribution is 2.23. The van der Waals surface area contributed by atoms with Gasteiger partial charge in [0, 0.05) is 0 Å². The van der Waals surface area contributed by atoms with Crippen LogP contribution >= 0.6 is 0 Å². The highest BCUT2D eigenvalue weighted by molar-refractivity contribution is 5.27. The number of benzene rings is 1. The fraction of sp³-hybridized carbons (Fsp3) is 0.455. The fourth-order valence-electron chi connectivity index (χ4n) is 1.26. The highest BCUT2D eigenvalue weighted by atomic mass is 19.4. The Kier molecular flexibility index (Phi) is 4.18. The second-order valence-electron chi connectivity index (χ2n) is 3.44. The Morgan fingerprint density at radius 1 is 1.25 bits per heavy atom. The molecule has 1 aromatic carbocycles. The van der Waals surface area contributed by atoms with E-state index in [1.807, 2.05) is 0 Å². The summed E-state index contributed by atoms with van der Waals surface area (Å²) in [5.74, 6) is 0.653. The van der Waals surface area contributed by atoms with E-state index in [0.29, 0.717) is 5.75 Å². The van der Waals surface area contributed by atoms with Crippen LogP contribution in [0.5, 0.6) is 5.75 Å². The third kappa shape index (κ3) is 3.73. The van der Waals surface area contributed by atoms with Crippen molar-refractivity contribution in [2.45, 2.75) is 25.1 Å². The predicted molar refractivity (Wildman–Crippen MR) is 53.4 cm³/mol. The lowest BCUT2D eigenvalue weighted by atomic mass is 10.1. The number of hydrogen-bond acceptors (Lipinski definition) is 2. The van der Waals surface area contributed by atoms with Crippen molar-refractivity contribution >= 4 is 0 Å². The quantitative estimate of drug-likeness (QED) is 0.867. The van der Waals surface area contributed by atoms with E-state index >= 15 is 0 Å². The molecule has 16 heavy (non-hydrogen) atoms. The van der Waals surface area contributed by atoms with Crippen LogP contribution in [-0.4, -0.2) is 24.5 Å². The molecule has 0 bridgehead atoms. The number of aliphatic hydroxyl groups is 1. The predicted octanol–water partition coefficient (Wildman–Crippen LogP) is 2.55. The summed E-state index contributed by atoms with van der Waals surface area (Å²) in [6.07, 6.45) is -6.93. The molecule has 1 atom stereocenters. The number of aryl methyl sites for hydroxylation is 1. The summed E-state index contributed by atoms with van der Waals surface area (Å²) in [6.45, 7) is 0. The van der Waals surface area contributed by atoms with E-state index in [1.165, 1.54) is 7.11 Å². The average molecular weight is 234 g/mol. The summed E-state index contributed by atoms with van der Waals surface area (Å²) >= 11 is 0. The molecule has 0 aromatic heterocycles. The first-order valence-electron chi connectivity index (χ1n) is 4.81. The van der Waals surface area contributed by atoms with Crippen LogP contribution in [0.4, 0.5) is 13.2 Å². The Balaban J connectivity index is 2.48. The van der Waals surface area contributed by atoms with Gasteiger partial charge in [-0.15, -0.1) is 0 Å². The Bertz CT molecular complexity index is 319. The van der Waals surface area contributed by atoms with Crippen LogP contribution in [-0.2, 0) is 6.42 Å². The minimum atomic E-state index is -4.54. The van der Waals surface area contributed by atoms with E-state index < -0.39 is 12.3 Å². The third-order valence-corrected chi connectivity index (χ3v) is 2.24.